The van der Waals surface area contributed by atoms with Gasteiger partial charge in [0.1, 0.15) is 19.0 Å². The number of tetrazole rings is 1. The normalized spacial score (nSPS) is 19.7. The second-order valence-electron chi connectivity index (χ2n) is 7.30. The Bertz CT molecular complexity index is 715. The van der Waals surface area contributed by atoms with E-state index in [1.807, 2.05) is 35.2 Å². The Labute approximate surface area is 157 Å². The third-order valence-corrected chi connectivity index (χ3v) is 4.28. The van der Waals surface area contributed by atoms with Crippen molar-refractivity contribution in [3.8, 4) is 0 Å². The van der Waals surface area contributed by atoms with Crippen LogP contribution in [0.25, 0.3) is 0 Å². The number of morpholine rings is 1. The first-order chi connectivity index (χ1) is 12.8. The molecule has 1 amide bonds. The Hall–Kier alpha value is -2.81. The van der Waals surface area contributed by atoms with Crippen LogP contribution in [0.5, 0.6) is 0 Å². The summed E-state index contributed by atoms with van der Waals surface area (Å²) in [5.74, 6) is 0.000723. The average Bonchev–Trinajstić information content (AvgIpc) is 3.15. The van der Waals surface area contributed by atoms with Crippen LogP contribution in [0.15, 0.2) is 36.7 Å². The molecular weight excluding hydrogens is 350 g/mol. The molecule has 3 rings (SSSR count). The molecule has 2 atom stereocenters. The number of hydrogen-bond donors (Lipinski definition) is 1. The molecule has 2 heterocycles. The number of aromatic nitrogens is 4. The molecule has 0 radical (unpaired) electrons. The number of nitrogens with zero attached hydrogens (tertiary/aromatic N) is 5. The lowest BCUT2D eigenvalue weighted by atomic mass is 9.87. The fourth-order valence-corrected chi connectivity index (χ4v) is 2.78. The van der Waals surface area contributed by atoms with Crippen molar-refractivity contribution in [3.05, 3.63) is 42.2 Å². The summed E-state index contributed by atoms with van der Waals surface area (Å²) in [7, 11) is 0. The fraction of sp³-hybridized carbons (Fsp3) is 0.500. The van der Waals surface area contributed by atoms with Crippen molar-refractivity contribution in [2.45, 2.75) is 39.5 Å². The van der Waals surface area contributed by atoms with Gasteiger partial charge in [0.25, 0.3) is 6.47 Å². The highest BCUT2D eigenvalue weighted by Crippen LogP contribution is 2.33. The molecule has 0 unspecified atom stereocenters. The summed E-state index contributed by atoms with van der Waals surface area (Å²) in [5.41, 5.74) is 1.03. The van der Waals surface area contributed by atoms with Gasteiger partial charge >= 0.3 is 0 Å². The molecule has 1 saturated heterocycles. The molecule has 1 fully saturated rings. The minimum absolute atomic E-state index is 0.000723. The van der Waals surface area contributed by atoms with E-state index in [2.05, 4.69) is 36.3 Å². The van der Waals surface area contributed by atoms with Crippen LogP contribution in [0.4, 0.5) is 0 Å². The van der Waals surface area contributed by atoms with Crippen molar-refractivity contribution in [1.29, 1.82) is 0 Å². The molecule has 2 aromatic rings. The quantitative estimate of drug-likeness (QED) is 0.807. The Kier molecular flexibility index (Phi) is 7.00. The third-order valence-electron chi connectivity index (χ3n) is 4.28. The number of benzene rings is 1. The van der Waals surface area contributed by atoms with Crippen LogP contribution >= 0.6 is 0 Å². The molecule has 9 nitrogen and oxygen atoms in total. The number of carbonyl (C=O) groups is 2. The molecule has 0 aliphatic carbocycles. The van der Waals surface area contributed by atoms with Gasteiger partial charge in [0.15, 0.2) is 0 Å². The Morgan fingerprint density at radius 1 is 1.30 bits per heavy atom. The van der Waals surface area contributed by atoms with E-state index in [1.54, 1.807) is 0 Å². The van der Waals surface area contributed by atoms with E-state index in [0.29, 0.717) is 13.1 Å². The van der Waals surface area contributed by atoms with Crippen molar-refractivity contribution >= 4 is 12.4 Å². The summed E-state index contributed by atoms with van der Waals surface area (Å²) in [6, 6.07) is 10.0. The van der Waals surface area contributed by atoms with Crippen LogP contribution in [0.2, 0.25) is 0 Å². The van der Waals surface area contributed by atoms with E-state index in [0.717, 1.165) is 5.56 Å². The van der Waals surface area contributed by atoms with Gasteiger partial charge in [-0.15, -0.1) is 5.10 Å². The maximum absolute atomic E-state index is 12.7. The lowest BCUT2D eigenvalue weighted by Gasteiger charge is -2.43. The summed E-state index contributed by atoms with van der Waals surface area (Å²) in [4.78, 5) is 22.9. The first-order valence-electron chi connectivity index (χ1n) is 8.62. The Balaban J connectivity index is 0.000000817. The predicted octanol–water partition coefficient (Wildman–Crippen LogP) is 1.39. The molecule has 1 aromatic carbocycles. The lowest BCUT2D eigenvalue weighted by molar-refractivity contribution is -0.157. The second kappa shape index (κ2) is 9.22. The molecule has 1 aliphatic rings. The number of carboxylic acid groups (broad SMARTS) is 1. The zero-order valence-corrected chi connectivity index (χ0v) is 15.7. The maximum atomic E-state index is 12.7. The number of amides is 1. The van der Waals surface area contributed by atoms with Gasteiger partial charge in [-0.05, 0) is 21.4 Å². The molecular formula is C18H25N5O4. The highest BCUT2D eigenvalue weighted by molar-refractivity contribution is 5.76. The topological polar surface area (TPSA) is 110 Å². The van der Waals surface area contributed by atoms with Crippen LogP contribution in [0, 0.1) is 5.41 Å². The molecule has 9 heteroatoms. The summed E-state index contributed by atoms with van der Waals surface area (Å²) < 4.78 is 7.76. The van der Waals surface area contributed by atoms with Crippen molar-refractivity contribution in [2.24, 2.45) is 5.41 Å². The second-order valence-corrected chi connectivity index (χ2v) is 7.30. The van der Waals surface area contributed by atoms with Gasteiger partial charge in [-0.3, -0.25) is 9.59 Å². The van der Waals surface area contributed by atoms with Crippen LogP contribution < -0.4 is 0 Å². The third kappa shape index (κ3) is 5.85. The molecule has 1 N–H and O–H groups in total. The van der Waals surface area contributed by atoms with Gasteiger partial charge in [0.2, 0.25) is 5.91 Å². The van der Waals surface area contributed by atoms with Crippen LogP contribution in [-0.4, -0.2) is 61.8 Å². The van der Waals surface area contributed by atoms with Crippen molar-refractivity contribution in [2.75, 3.05) is 13.1 Å². The number of hydrogen-bond acceptors (Lipinski definition) is 6. The van der Waals surface area contributed by atoms with Gasteiger partial charge in [0.05, 0.1) is 12.6 Å². The molecule has 1 aromatic heterocycles. The SMILES string of the molecule is CC(C)(C)[C@H]1CN(C(=O)Cn2cnnn2)C[C@@H](c2ccccc2)O1.O=CO. The maximum Gasteiger partial charge on any atom is 0.290 e. The van der Waals surface area contributed by atoms with E-state index in [4.69, 9.17) is 14.6 Å². The lowest BCUT2D eigenvalue weighted by Crippen LogP contribution is -2.51. The van der Waals surface area contributed by atoms with Crippen molar-refractivity contribution in [3.63, 3.8) is 0 Å². The molecule has 0 saturated carbocycles. The fourth-order valence-electron chi connectivity index (χ4n) is 2.78. The first-order valence-corrected chi connectivity index (χ1v) is 8.62. The molecule has 146 valence electrons. The zero-order chi connectivity index (χ0) is 19.9. The number of ether oxygens (including phenoxy) is 1. The minimum atomic E-state index is -0.250. The highest BCUT2D eigenvalue weighted by Gasteiger charge is 2.37. The number of rotatable bonds is 3. The summed E-state index contributed by atoms with van der Waals surface area (Å²) >= 11 is 0. The van der Waals surface area contributed by atoms with E-state index in [9.17, 15) is 4.79 Å². The standard InChI is InChI=1S/C17H23N5O2.CH2O2/c1-17(2,3)15-10-21(16(23)11-22-12-18-19-20-22)9-14(24-15)13-7-5-4-6-8-13;2-1-3/h4-8,12,14-15H,9-11H2,1-3H3;1H,(H,2,3)/t14-,15+;/m0./s1. The predicted molar refractivity (Wildman–Crippen MR) is 96.6 cm³/mol. The molecule has 0 bridgehead atoms. The van der Waals surface area contributed by atoms with E-state index < -0.39 is 0 Å². The smallest absolute Gasteiger partial charge is 0.290 e. The van der Waals surface area contributed by atoms with Crippen LogP contribution in [0.3, 0.4) is 0 Å². The minimum Gasteiger partial charge on any atom is -0.483 e. The Morgan fingerprint density at radius 2 is 1.96 bits per heavy atom. The van der Waals surface area contributed by atoms with Gasteiger partial charge in [0, 0.05) is 6.54 Å². The summed E-state index contributed by atoms with van der Waals surface area (Å²) in [6.07, 6.45) is 1.30. The Morgan fingerprint density at radius 3 is 2.52 bits per heavy atom. The monoisotopic (exact) mass is 375 g/mol. The van der Waals surface area contributed by atoms with Crippen LogP contribution in [-0.2, 0) is 20.9 Å². The molecule has 0 spiro atoms. The van der Waals surface area contributed by atoms with Gasteiger partial charge in [-0.1, -0.05) is 51.1 Å². The zero-order valence-electron chi connectivity index (χ0n) is 15.7. The van der Waals surface area contributed by atoms with Gasteiger partial charge in [-0.25, -0.2) is 4.68 Å². The van der Waals surface area contributed by atoms with E-state index in [1.165, 1.54) is 11.0 Å². The molecule has 27 heavy (non-hydrogen) atoms. The average molecular weight is 375 g/mol. The summed E-state index contributed by atoms with van der Waals surface area (Å²) in [5, 5.41) is 17.8. The van der Waals surface area contributed by atoms with E-state index >= 15 is 0 Å². The number of carbonyl (C=O) groups excluding carboxylic acids is 1. The molecule has 1 aliphatic heterocycles. The van der Waals surface area contributed by atoms with Crippen molar-refractivity contribution < 1.29 is 19.4 Å². The summed E-state index contributed by atoms with van der Waals surface area (Å²) in [6.45, 7) is 7.41. The van der Waals surface area contributed by atoms with Crippen molar-refractivity contribution in [1.82, 2.24) is 25.1 Å². The highest BCUT2D eigenvalue weighted by atomic mass is 16.5. The van der Waals surface area contributed by atoms with Crippen LogP contribution in [0.1, 0.15) is 32.4 Å². The first kappa shape index (κ1) is 20.5. The van der Waals surface area contributed by atoms with Gasteiger partial charge in [-0.2, -0.15) is 0 Å². The van der Waals surface area contributed by atoms with E-state index in [-0.39, 0.29) is 36.5 Å². The largest absolute Gasteiger partial charge is 0.483 e. The van der Waals surface area contributed by atoms with Gasteiger partial charge < -0.3 is 14.7 Å².